The summed E-state index contributed by atoms with van der Waals surface area (Å²) in [6, 6.07) is 68.6. The van der Waals surface area contributed by atoms with Crippen LogP contribution in [0.1, 0.15) is 119 Å². The van der Waals surface area contributed by atoms with Crippen LogP contribution in [0.5, 0.6) is 11.5 Å². The summed E-state index contributed by atoms with van der Waals surface area (Å²) >= 11 is 0. The normalized spacial score (nSPS) is 20.5. The van der Waals surface area contributed by atoms with Crippen molar-refractivity contribution in [3.05, 3.63) is 216 Å². The lowest BCUT2D eigenvalue weighted by molar-refractivity contribution is -0.0418. The van der Waals surface area contributed by atoms with Gasteiger partial charge in [0.2, 0.25) is 0 Å². The van der Waals surface area contributed by atoms with E-state index in [9.17, 15) is 0 Å². The van der Waals surface area contributed by atoms with E-state index < -0.39 is 0 Å². The third kappa shape index (κ3) is 7.61. The molecule has 4 bridgehead atoms. The van der Waals surface area contributed by atoms with E-state index in [1.807, 2.05) is 0 Å². The van der Waals surface area contributed by atoms with Crippen molar-refractivity contribution in [3.8, 4) is 34.1 Å². The maximum Gasteiger partial charge on any atom is 0.137 e. The molecule has 4 aliphatic carbocycles. The minimum absolute atomic E-state index is 0.120. The molecule has 6 nitrogen and oxygen atoms in total. The standard InChI is InChI=1S/C74H71N5O/c1-45(2)50-39-64(46(3)4)73(65(40-50)47(5)6)51-37-57(77-44-76(7)69-22-14-15-23-70(69)77)42-59(38-51)80-58-28-29-63-62-18-10-13-21-68(62)79(71(63)43-58)72-41-53(30-31-75-72)74(54-33-48-32-49(35-54)36-55(74)34-48)52-24-26-56(27-25-52)78-66-19-11-8-16-60(66)61-17-9-12-20-67(61)78/h8-31,37-43,45-49,54-55H,32-36,44H2,1-7H3. The largest absolute Gasteiger partial charge is 0.457 e. The Labute approximate surface area is 471 Å². The van der Waals surface area contributed by atoms with Gasteiger partial charge in [0.25, 0.3) is 0 Å². The Balaban J connectivity index is 0.864. The van der Waals surface area contributed by atoms with Gasteiger partial charge in [-0.2, -0.15) is 0 Å². The Morgan fingerprint density at radius 2 is 1.05 bits per heavy atom. The molecule has 3 aromatic heterocycles. The van der Waals surface area contributed by atoms with Gasteiger partial charge >= 0.3 is 0 Å². The van der Waals surface area contributed by atoms with Crippen LogP contribution in [0.3, 0.4) is 0 Å². The molecule has 4 heterocycles. The molecule has 16 rings (SSSR count). The van der Waals surface area contributed by atoms with Crippen molar-refractivity contribution in [1.82, 2.24) is 14.1 Å². The average molecular weight is 1050 g/mol. The smallest absolute Gasteiger partial charge is 0.137 e. The Bertz CT molecular complexity index is 4120. The van der Waals surface area contributed by atoms with E-state index in [-0.39, 0.29) is 5.41 Å². The number of pyridine rings is 1. The van der Waals surface area contributed by atoms with Crippen LogP contribution in [0, 0.1) is 23.7 Å². The quantitative estimate of drug-likeness (QED) is 0.129. The first-order valence-corrected chi connectivity index (χ1v) is 29.7. The summed E-state index contributed by atoms with van der Waals surface area (Å²) in [6.07, 6.45) is 8.68. The number of hydrogen-bond acceptors (Lipinski definition) is 4. The topological polar surface area (TPSA) is 38.5 Å². The molecule has 0 unspecified atom stereocenters. The molecule has 80 heavy (non-hydrogen) atoms. The summed E-state index contributed by atoms with van der Waals surface area (Å²) in [4.78, 5) is 10.1. The Morgan fingerprint density at radius 3 is 1.66 bits per heavy atom. The van der Waals surface area contributed by atoms with Crippen LogP contribution in [-0.4, -0.2) is 27.8 Å². The lowest BCUT2D eigenvalue weighted by Gasteiger charge is -2.62. The molecule has 8 aromatic carbocycles. The number of aromatic nitrogens is 3. The van der Waals surface area contributed by atoms with Crippen molar-refractivity contribution < 1.29 is 4.74 Å². The van der Waals surface area contributed by atoms with Crippen molar-refractivity contribution >= 4 is 60.7 Å². The van der Waals surface area contributed by atoms with Crippen LogP contribution in [0.15, 0.2) is 188 Å². The minimum atomic E-state index is -0.120. The fourth-order valence-corrected chi connectivity index (χ4v) is 16.2. The zero-order valence-corrected chi connectivity index (χ0v) is 47.3. The van der Waals surface area contributed by atoms with E-state index in [1.165, 1.54) is 121 Å². The zero-order valence-electron chi connectivity index (χ0n) is 47.3. The van der Waals surface area contributed by atoms with E-state index in [0.717, 1.165) is 52.5 Å². The third-order valence-corrected chi connectivity index (χ3v) is 19.5. The lowest BCUT2D eigenvalue weighted by atomic mass is 9.42. The van der Waals surface area contributed by atoms with Gasteiger partial charge in [-0.1, -0.05) is 133 Å². The molecule has 11 aromatic rings. The SMILES string of the molecule is CC(C)c1cc(C(C)C)c(-c2cc(Oc3ccc4c5ccccc5n(-c5cc(C6(c7ccc(-n8c9ccccc9c9ccccc98)cc7)C7CC8CC(C7)CC6C8)ccn5)c4c3)cc(N3CN(C)c4ccccc43)c2)c(C(C)C)c1. The summed E-state index contributed by atoms with van der Waals surface area (Å²) in [5, 5.41) is 4.98. The van der Waals surface area contributed by atoms with Crippen LogP contribution in [0.2, 0.25) is 0 Å². The van der Waals surface area contributed by atoms with E-state index in [4.69, 9.17) is 9.72 Å². The van der Waals surface area contributed by atoms with Gasteiger partial charge < -0.3 is 19.1 Å². The van der Waals surface area contributed by atoms with Gasteiger partial charge in [0, 0.05) is 63.7 Å². The second-order valence-electron chi connectivity index (χ2n) is 25.1. The van der Waals surface area contributed by atoms with Gasteiger partial charge in [0.1, 0.15) is 17.3 Å². The highest BCUT2D eigenvalue weighted by Gasteiger charge is 2.58. The molecule has 0 radical (unpaired) electrons. The van der Waals surface area contributed by atoms with Crippen LogP contribution < -0.4 is 14.5 Å². The highest BCUT2D eigenvalue weighted by molar-refractivity contribution is 6.10. The van der Waals surface area contributed by atoms with E-state index in [2.05, 4.69) is 256 Å². The summed E-state index contributed by atoms with van der Waals surface area (Å²) in [6.45, 7) is 14.7. The molecule has 398 valence electrons. The van der Waals surface area contributed by atoms with Gasteiger partial charge in [-0.05, 0) is 191 Å². The van der Waals surface area contributed by atoms with Crippen LogP contribution in [-0.2, 0) is 5.41 Å². The van der Waals surface area contributed by atoms with E-state index in [0.29, 0.717) is 29.6 Å². The zero-order chi connectivity index (χ0) is 54.1. The molecule has 0 spiro atoms. The number of fused-ring (bicyclic) bond motifs is 7. The second kappa shape index (κ2) is 18.8. The monoisotopic (exact) mass is 1050 g/mol. The second-order valence-corrected chi connectivity index (χ2v) is 25.1. The first kappa shape index (κ1) is 49.0. The van der Waals surface area contributed by atoms with Crippen molar-refractivity contribution in [2.45, 2.75) is 96.8 Å². The van der Waals surface area contributed by atoms with Gasteiger partial charge in [0.15, 0.2) is 0 Å². The molecule has 4 saturated carbocycles. The minimum Gasteiger partial charge on any atom is -0.457 e. The first-order chi connectivity index (χ1) is 39.0. The summed E-state index contributed by atoms with van der Waals surface area (Å²) in [5.74, 6) is 6.45. The number of anilines is 3. The Morgan fingerprint density at radius 1 is 0.475 bits per heavy atom. The molecule has 0 atom stereocenters. The molecule has 4 fully saturated rings. The average Bonchev–Trinajstić information content (AvgIpc) is 4.27. The maximum absolute atomic E-state index is 7.28. The van der Waals surface area contributed by atoms with E-state index >= 15 is 0 Å². The van der Waals surface area contributed by atoms with Crippen LogP contribution >= 0.6 is 0 Å². The summed E-state index contributed by atoms with van der Waals surface area (Å²) in [7, 11) is 2.19. The van der Waals surface area contributed by atoms with Gasteiger partial charge in [-0.25, -0.2) is 4.98 Å². The predicted molar refractivity (Wildman–Crippen MR) is 333 cm³/mol. The molecular weight excluding hydrogens is 975 g/mol. The Hall–Kier alpha value is -8.09. The molecule has 0 N–H and O–H groups in total. The van der Waals surface area contributed by atoms with Crippen molar-refractivity contribution in [2.24, 2.45) is 23.7 Å². The maximum atomic E-state index is 7.28. The summed E-state index contributed by atoms with van der Waals surface area (Å²) < 4.78 is 12.1. The van der Waals surface area contributed by atoms with E-state index in [1.54, 1.807) is 0 Å². The fraction of sp³-hybridized carbons (Fsp3) is 0.284. The molecule has 6 heteroatoms. The number of para-hydroxylation sites is 5. The number of benzene rings is 8. The molecular formula is C74H71N5O. The molecule has 0 amide bonds. The van der Waals surface area contributed by atoms with Crippen LogP contribution in [0.25, 0.3) is 66.2 Å². The molecule has 5 aliphatic rings. The summed E-state index contributed by atoms with van der Waals surface area (Å²) in [5.41, 5.74) is 18.9. The molecule has 0 saturated heterocycles. The van der Waals surface area contributed by atoms with Crippen molar-refractivity contribution in [2.75, 3.05) is 23.5 Å². The van der Waals surface area contributed by atoms with Gasteiger partial charge in [0.05, 0.1) is 40.1 Å². The number of rotatable bonds is 11. The third-order valence-electron chi connectivity index (χ3n) is 19.5. The van der Waals surface area contributed by atoms with Crippen molar-refractivity contribution in [1.29, 1.82) is 0 Å². The first-order valence-electron chi connectivity index (χ1n) is 29.7. The number of ether oxygens (including phenoxy) is 1. The Kier molecular flexibility index (Phi) is 11.5. The molecule has 1 aliphatic heterocycles. The van der Waals surface area contributed by atoms with Crippen LogP contribution in [0.4, 0.5) is 17.1 Å². The lowest BCUT2D eigenvalue weighted by Crippen LogP contribution is -2.56. The number of hydrogen-bond donors (Lipinski definition) is 0. The highest BCUT2D eigenvalue weighted by Crippen LogP contribution is 2.65. The fourth-order valence-electron chi connectivity index (χ4n) is 16.2. The predicted octanol–water partition coefficient (Wildman–Crippen LogP) is 19.4. The van der Waals surface area contributed by atoms with Crippen molar-refractivity contribution in [3.63, 3.8) is 0 Å². The van der Waals surface area contributed by atoms with Gasteiger partial charge in [-0.3, -0.25) is 4.57 Å². The number of nitrogens with zero attached hydrogens (tertiary/aromatic N) is 5. The highest BCUT2D eigenvalue weighted by atomic mass is 16.5. The van der Waals surface area contributed by atoms with Gasteiger partial charge in [-0.15, -0.1) is 0 Å².